The standard InChI is InChI=1S/C18H20N2O2S/c1-5-22-16(21)8-7-15-18(23-6-2)14(10-19)17-13(4)9-12(3)11-20(15)17/h7-9,11H,5-6H2,1-4H3/b8-7+. The first kappa shape index (κ1) is 17.2. The fraction of sp³-hybridized carbons (Fsp3) is 0.333. The first-order valence-corrected chi connectivity index (χ1v) is 8.55. The second-order valence-electron chi connectivity index (χ2n) is 5.14. The summed E-state index contributed by atoms with van der Waals surface area (Å²) in [7, 11) is 0. The highest BCUT2D eigenvalue weighted by molar-refractivity contribution is 7.99. The molecule has 2 rings (SSSR count). The topological polar surface area (TPSA) is 54.5 Å². The number of rotatable bonds is 5. The lowest BCUT2D eigenvalue weighted by atomic mass is 10.1. The Morgan fingerprint density at radius 2 is 2.17 bits per heavy atom. The average Bonchev–Trinajstić information content (AvgIpc) is 2.79. The number of aromatic nitrogens is 1. The Labute approximate surface area is 140 Å². The zero-order valence-corrected chi connectivity index (χ0v) is 14.7. The molecule has 0 spiro atoms. The predicted octanol–water partition coefficient (Wildman–Crippen LogP) is 4.12. The summed E-state index contributed by atoms with van der Waals surface area (Å²) in [4.78, 5) is 12.5. The molecule has 2 heterocycles. The molecule has 0 fully saturated rings. The van der Waals surface area contributed by atoms with E-state index in [-0.39, 0.29) is 5.97 Å². The van der Waals surface area contributed by atoms with E-state index in [0.717, 1.165) is 33.0 Å². The van der Waals surface area contributed by atoms with Crippen LogP contribution in [0.5, 0.6) is 0 Å². The summed E-state index contributed by atoms with van der Waals surface area (Å²) in [5.74, 6) is 0.474. The lowest BCUT2D eigenvalue weighted by Crippen LogP contribution is -1.99. The summed E-state index contributed by atoms with van der Waals surface area (Å²) in [6.07, 6.45) is 5.15. The summed E-state index contributed by atoms with van der Waals surface area (Å²) >= 11 is 1.61. The smallest absolute Gasteiger partial charge is 0.330 e. The Kier molecular flexibility index (Phi) is 5.51. The summed E-state index contributed by atoms with van der Waals surface area (Å²) in [6, 6.07) is 4.39. The maximum absolute atomic E-state index is 11.6. The van der Waals surface area contributed by atoms with Gasteiger partial charge in [-0.2, -0.15) is 5.26 Å². The molecule has 23 heavy (non-hydrogen) atoms. The van der Waals surface area contributed by atoms with E-state index < -0.39 is 0 Å². The van der Waals surface area contributed by atoms with Crippen LogP contribution in [-0.4, -0.2) is 22.7 Å². The van der Waals surface area contributed by atoms with Crippen molar-refractivity contribution in [2.24, 2.45) is 0 Å². The number of pyridine rings is 1. The quantitative estimate of drug-likeness (QED) is 0.471. The van der Waals surface area contributed by atoms with Crippen LogP contribution in [0.2, 0.25) is 0 Å². The van der Waals surface area contributed by atoms with Crippen molar-refractivity contribution in [1.82, 2.24) is 4.40 Å². The third kappa shape index (κ3) is 3.43. The van der Waals surface area contributed by atoms with Crippen molar-refractivity contribution in [2.45, 2.75) is 32.6 Å². The zero-order chi connectivity index (χ0) is 17.0. The van der Waals surface area contributed by atoms with Gasteiger partial charge in [-0.3, -0.25) is 0 Å². The van der Waals surface area contributed by atoms with Crippen molar-refractivity contribution in [3.05, 3.63) is 40.7 Å². The van der Waals surface area contributed by atoms with Crippen molar-refractivity contribution in [1.29, 1.82) is 5.26 Å². The van der Waals surface area contributed by atoms with Gasteiger partial charge in [0.05, 0.1) is 28.3 Å². The number of esters is 1. The molecule has 0 radical (unpaired) electrons. The lowest BCUT2D eigenvalue weighted by molar-refractivity contribution is -0.137. The number of carbonyl (C=O) groups excluding carboxylic acids is 1. The van der Waals surface area contributed by atoms with Crippen molar-refractivity contribution in [2.75, 3.05) is 12.4 Å². The third-order valence-electron chi connectivity index (χ3n) is 3.41. The largest absolute Gasteiger partial charge is 0.463 e. The SMILES string of the molecule is CCOC(=O)/C=C/c1c(SCC)c(C#N)c2c(C)cc(C)cn12. The molecule has 0 atom stereocenters. The van der Waals surface area contributed by atoms with Crippen LogP contribution in [0.15, 0.2) is 23.2 Å². The van der Waals surface area contributed by atoms with Gasteiger partial charge in [0, 0.05) is 12.3 Å². The van der Waals surface area contributed by atoms with Gasteiger partial charge < -0.3 is 9.14 Å². The molecule has 0 amide bonds. The van der Waals surface area contributed by atoms with Crippen molar-refractivity contribution in [3.8, 4) is 6.07 Å². The highest BCUT2D eigenvalue weighted by Crippen LogP contribution is 2.34. The van der Waals surface area contributed by atoms with Gasteiger partial charge in [0.1, 0.15) is 6.07 Å². The number of fused-ring (bicyclic) bond motifs is 1. The first-order chi connectivity index (χ1) is 11.0. The number of hydrogen-bond donors (Lipinski definition) is 0. The molecule has 2 aromatic rings. The first-order valence-electron chi connectivity index (χ1n) is 7.56. The Morgan fingerprint density at radius 3 is 2.78 bits per heavy atom. The molecule has 5 heteroatoms. The highest BCUT2D eigenvalue weighted by Gasteiger charge is 2.18. The normalized spacial score (nSPS) is 11.1. The molecule has 0 aliphatic rings. The summed E-state index contributed by atoms with van der Waals surface area (Å²) < 4.78 is 6.95. The van der Waals surface area contributed by atoms with E-state index in [1.165, 1.54) is 6.08 Å². The second kappa shape index (κ2) is 7.38. The molecule has 0 unspecified atom stereocenters. The van der Waals surface area contributed by atoms with Gasteiger partial charge in [-0.15, -0.1) is 11.8 Å². The number of hydrogen-bond acceptors (Lipinski definition) is 4. The summed E-state index contributed by atoms with van der Waals surface area (Å²) in [6.45, 7) is 8.19. The Balaban J connectivity index is 2.72. The maximum Gasteiger partial charge on any atom is 0.330 e. The van der Waals surface area contributed by atoms with E-state index >= 15 is 0 Å². The molecule has 0 bridgehead atoms. The van der Waals surface area contributed by atoms with Crippen LogP contribution in [-0.2, 0) is 9.53 Å². The molecular formula is C18H20N2O2S. The molecule has 0 aromatic carbocycles. The van der Waals surface area contributed by atoms with Gasteiger partial charge in [-0.25, -0.2) is 4.79 Å². The predicted molar refractivity (Wildman–Crippen MR) is 93.7 cm³/mol. The van der Waals surface area contributed by atoms with Crippen LogP contribution in [0.1, 0.15) is 36.2 Å². The van der Waals surface area contributed by atoms with E-state index in [1.54, 1.807) is 24.8 Å². The lowest BCUT2D eigenvalue weighted by Gasteiger charge is -2.04. The third-order valence-corrected chi connectivity index (χ3v) is 4.40. The zero-order valence-electron chi connectivity index (χ0n) is 13.8. The highest BCUT2D eigenvalue weighted by atomic mass is 32.2. The number of carbonyl (C=O) groups is 1. The van der Waals surface area contributed by atoms with Gasteiger partial charge in [-0.05, 0) is 43.7 Å². The molecule has 0 saturated heterocycles. The minimum Gasteiger partial charge on any atom is -0.463 e. The molecule has 0 N–H and O–H groups in total. The van der Waals surface area contributed by atoms with Crippen LogP contribution in [0.4, 0.5) is 0 Å². The van der Waals surface area contributed by atoms with Crippen molar-refractivity contribution in [3.63, 3.8) is 0 Å². The summed E-state index contributed by atoms with van der Waals surface area (Å²) in [5.41, 5.74) is 4.57. The van der Waals surface area contributed by atoms with Crippen molar-refractivity contribution >= 4 is 29.3 Å². The van der Waals surface area contributed by atoms with E-state index in [2.05, 4.69) is 12.1 Å². The number of aryl methyl sites for hydroxylation is 2. The minimum atomic E-state index is -0.377. The van der Waals surface area contributed by atoms with E-state index in [1.807, 2.05) is 31.4 Å². The average molecular weight is 328 g/mol. The summed E-state index contributed by atoms with van der Waals surface area (Å²) in [5, 5.41) is 9.62. The fourth-order valence-corrected chi connectivity index (χ4v) is 3.54. The van der Waals surface area contributed by atoms with E-state index in [9.17, 15) is 10.1 Å². The maximum atomic E-state index is 11.6. The molecule has 4 nitrogen and oxygen atoms in total. The molecular weight excluding hydrogens is 308 g/mol. The van der Waals surface area contributed by atoms with Crippen molar-refractivity contribution < 1.29 is 9.53 Å². The van der Waals surface area contributed by atoms with Crippen LogP contribution >= 0.6 is 11.8 Å². The minimum absolute atomic E-state index is 0.344. The van der Waals surface area contributed by atoms with Gasteiger partial charge in [0.25, 0.3) is 0 Å². The van der Waals surface area contributed by atoms with Crippen LogP contribution < -0.4 is 0 Å². The second-order valence-corrected chi connectivity index (χ2v) is 6.41. The molecule has 120 valence electrons. The Hall–Kier alpha value is -2.19. The number of ether oxygens (including phenoxy) is 1. The fourth-order valence-electron chi connectivity index (χ4n) is 2.65. The molecule has 0 aliphatic heterocycles. The molecule has 0 aliphatic carbocycles. The van der Waals surface area contributed by atoms with Gasteiger partial charge in [0.15, 0.2) is 0 Å². The monoisotopic (exact) mass is 328 g/mol. The molecule has 0 saturated carbocycles. The molecule has 2 aromatic heterocycles. The van der Waals surface area contributed by atoms with Gasteiger partial charge >= 0.3 is 5.97 Å². The van der Waals surface area contributed by atoms with E-state index in [0.29, 0.717) is 12.2 Å². The number of nitrogens with zero attached hydrogens (tertiary/aromatic N) is 2. The van der Waals surface area contributed by atoms with E-state index in [4.69, 9.17) is 4.74 Å². The number of thioether (sulfide) groups is 1. The van der Waals surface area contributed by atoms with Crippen LogP contribution in [0.25, 0.3) is 11.6 Å². The van der Waals surface area contributed by atoms with Crippen LogP contribution in [0.3, 0.4) is 0 Å². The van der Waals surface area contributed by atoms with Gasteiger partial charge in [0.2, 0.25) is 0 Å². The van der Waals surface area contributed by atoms with Crippen LogP contribution in [0, 0.1) is 25.2 Å². The number of nitriles is 1. The Bertz CT molecular complexity index is 813. The van der Waals surface area contributed by atoms with Gasteiger partial charge in [-0.1, -0.05) is 13.0 Å². The Morgan fingerprint density at radius 1 is 1.43 bits per heavy atom.